The number of piperidine rings is 1. The molecule has 2 amide bonds. The zero-order valence-corrected chi connectivity index (χ0v) is 17.0. The van der Waals surface area contributed by atoms with Crippen molar-refractivity contribution in [3.8, 4) is 0 Å². The number of para-hydroxylation sites is 1. The van der Waals surface area contributed by atoms with Gasteiger partial charge in [0.1, 0.15) is 5.82 Å². The van der Waals surface area contributed by atoms with Crippen molar-refractivity contribution in [1.29, 1.82) is 0 Å². The van der Waals surface area contributed by atoms with Gasteiger partial charge in [0.15, 0.2) is 0 Å². The van der Waals surface area contributed by atoms with E-state index in [-0.39, 0.29) is 11.8 Å². The van der Waals surface area contributed by atoms with E-state index in [1.54, 1.807) is 12.1 Å². The molecule has 0 saturated carbocycles. The minimum absolute atomic E-state index is 0.0632. The largest absolute Gasteiger partial charge is 0.361 e. The van der Waals surface area contributed by atoms with Gasteiger partial charge >= 0.3 is 6.03 Å². The lowest BCUT2D eigenvalue weighted by Gasteiger charge is -2.33. The fourth-order valence-corrected chi connectivity index (χ4v) is 4.34. The maximum absolute atomic E-state index is 14.1. The minimum atomic E-state index is -0.469. The van der Waals surface area contributed by atoms with Gasteiger partial charge in [-0.15, -0.1) is 0 Å². The Labute approximate surface area is 171 Å². The van der Waals surface area contributed by atoms with E-state index < -0.39 is 5.41 Å². The number of nitrogens with zero attached hydrogens (tertiary/aromatic N) is 1. The summed E-state index contributed by atoms with van der Waals surface area (Å²) in [5.41, 5.74) is 2.67. The lowest BCUT2D eigenvalue weighted by Crippen LogP contribution is -2.47. The Morgan fingerprint density at radius 2 is 1.83 bits per heavy atom. The van der Waals surface area contributed by atoms with Crippen LogP contribution in [0.15, 0.2) is 54.7 Å². The highest BCUT2D eigenvalue weighted by Gasteiger charge is 2.28. The van der Waals surface area contributed by atoms with E-state index in [1.807, 2.05) is 30.9 Å². The molecule has 29 heavy (non-hydrogen) atoms. The number of nitrogens with one attached hydrogen (secondary N) is 2. The fourth-order valence-electron chi connectivity index (χ4n) is 4.34. The van der Waals surface area contributed by atoms with Gasteiger partial charge in [-0.05, 0) is 42.0 Å². The third-order valence-electron chi connectivity index (χ3n) is 6.13. The molecule has 0 spiro atoms. The number of aromatic amines is 1. The van der Waals surface area contributed by atoms with Crippen molar-refractivity contribution in [1.82, 2.24) is 15.2 Å². The second kappa shape index (κ2) is 7.90. The highest BCUT2D eigenvalue weighted by molar-refractivity contribution is 5.83. The van der Waals surface area contributed by atoms with Crippen molar-refractivity contribution in [3.63, 3.8) is 0 Å². The first-order chi connectivity index (χ1) is 14.0. The molecule has 1 aliphatic heterocycles. The van der Waals surface area contributed by atoms with Crippen LogP contribution in [0.3, 0.4) is 0 Å². The predicted octanol–water partition coefficient (Wildman–Crippen LogP) is 5.17. The normalized spacial score (nSPS) is 15.6. The molecule has 1 aliphatic rings. The summed E-state index contributed by atoms with van der Waals surface area (Å²) in [7, 11) is 0. The second-order valence-electron chi connectivity index (χ2n) is 8.57. The van der Waals surface area contributed by atoms with Gasteiger partial charge in [0.25, 0.3) is 0 Å². The van der Waals surface area contributed by atoms with Crippen molar-refractivity contribution in [2.75, 3.05) is 19.6 Å². The van der Waals surface area contributed by atoms with E-state index in [0.717, 1.165) is 31.4 Å². The Morgan fingerprint density at radius 1 is 1.14 bits per heavy atom. The SMILES string of the molecule is CC(C)(CNC(=O)N1CCC(c2c[nH]c3ccccc23)CC1)c1ccccc1F. The molecular weight excluding hydrogens is 365 g/mol. The zero-order chi connectivity index (χ0) is 20.4. The van der Waals surface area contributed by atoms with Gasteiger partial charge in [-0.3, -0.25) is 0 Å². The zero-order valence-electron chi connectivity index (χ0n) is 17.0. The van der Waals surface area contributed by atoms with E-state index in [4.69, 9.17) is 0 Å². The highest BCUT2D eigenvalue weighted by atomic mass is 19.1. The maximum Gasteiger partial charge on any atom is 0.317 e. The lowest BCUT2D eigenvalue weighted by atomic mass is 9.84. The van der Waals surface area contributed by atoms with Gasteiger partial charge < -0.3 is 15.2 Å². The van der Waals surface area contributed by atoms with Gasteiger partial charge in [-0.2, -0.15) is 0 Å². The summed E-state index contributed by atoms with van der Waals surface area (Å²) in [5.74, 6) is 0.233. The number of carbonyl (C=O) groups excluding carboxylic acids is 1. The fraction of sp³-hybridized carbons (Fsp3) is 0.375. The summed E-state index contributed by atoms with van der Waals surface area (Å²) >= 11 is 0. The molecule has 2 heterocycles. The first-order valence-electron chi connectivity index (χ1n) is 10.3. The molecule has 0 bridgehead atoms. The molecule has 0 aliphatic carbocycles. The number of H-pyrrole nitrogens is 1. The molecule has 4 nitrogen and oxygen atoms in total. The van der Waals surface area contributed by atoms with Crippen molar-refractivity contribution < 1.29 is 9.18 Å². The third-order valence-corrected chi connectivity index (χ3v) is 6.13. The second-order valence-corrected chi connectivity index (χ2v) is 8.57. The van der Waals surface area contributed by atoms with E-state index >= 15 is 0 Å². The molecule has 2 aromatic carbocycles. The summed E-state index contributed by atoms with van der Waals surface area (Å²) in [5, 5.41) is 4.29. The molecular formula is C24H28FN3O. The monoisotopic (exact) mass is 393 g/mol. The summed E-state index contributed by atoms with van der Waals surface area (Å²) in [6, 6.07) is 15.1. The van der Waals surface area contributed by atoms with Crippen LogP contribution in [0.4, 0.5) is 9.18 Å². The summed E-state index contributed by atoms with van der Waals surface area (Å²) < 4.78 is 14.1. The number of benzene rings is 2. The molecule has 3 aromatic rings. The number of rotatable bonds is 4. The molecule has 4 rings (SSSR count). The van der Waals surface area contributed by atoms with Gasteiger partial charge in [-0.25, -0.2) is 9.18 Å². The summed E-state index contributed by atoms with van der Waals surface area (Å²) in [4.78, 5) is 17.9. The lowest BCUT2D eigenvalue weighted by molar-refractivity contribution is 0.179. The Balaban J connectivity index is 1.34. The summed E-state index contributed by atoms with van der Waals surface area (Å²) in [6.45, 7) is 5.77. The van der Waals surface area contributed by atoms with Crippen LogP contribution in [-0.2, 0) is 5.41 Å². The number of halogens is 1. The van der Waals surface area contributed by atoms with Crippen LogP contribution in [0.25, 0.3) is 10.9 Å². The molecule has 2 N–H and O–H groups in total. The van der Waals surface area contributed by atoms with Crippen molar-refractivity contribution in [2.24, 2.45) is 0 Å². The molecule has 152 valence electrons. The van der Waals surface area contributed by atoms with Crippen LogP contribution in [-0.4, -0.2) is 35.5 Å². The van der Waals surface area contributed by atoms with Gasteiger partial charge in [0.2, 0.25) is 0 Å². The number of fused-ring (bicyclic) bond motifs is 1. The number of likely N-dealkylation sites (tertiary alicyclic amines) is 1. The minimum Gasteiger partial charge on any atom is -0.361 e. The quantitative estimate of drug-likeness (QED) is 0.631. The number of hydrogen-bond acceptors (Lipinski definition) is 1. The highest BCUT2D eigenvalue weighted by Crippen LogP contribution is 2.33. The van der Waals surface area contributed by atoms with Crippen molar-refractivity contribution in [2.45, 2.75) is 38.0 Å². The molecule has 1 aromatic heterocycles. The van der Waals surface area contributed by atoms with E-state index in [9.17, 15) is 9.18 Å². The smallest absolute Gasteiger partial charge is 0.317 e. The number of hydrogen-bond donors (Lipinski definition) is 2. The molecule has 5 heteroatoms. The Morgan fingerprint density at radius 3 is 2.59 bits per heavy atom. The average Bonchev–Trinajstić information content (AvgIpc) is 3.16. The van der Waals surface area contributed by atoms with Gasteiger partial charge in [0, 0.05) is 42.1 Å². The first kappa shape index (κ1) is 19.5. The molecule has 0 unspecified atom stereocenters. The predicted molar refractivity (Wildman–Crippen MR) is 115 cm³/mol. The van der Waals surface area contributed by atoms with Crippen molar-refractivity contribution >= 4 is 16.9 Å². The van der Waals surface area contributed by atoms with Crippen LogP contribution in [0, 0.1) is 5.82 Å². The van der Waals surface area contributed by atoms with Gasteiger partial charge in [0.05, 0.1) is 0 Å². The number of urea groups is 1. The Kier molecular flexibility index (Phi) is 5.31. The maximum atomic E-state index is 14.1. The van der Waals surface area contributed by atoms with Crippen LogP contribution < -0.4 is 5.32 Å². The molecule has 1 saturated heterocycles. The molecule has 0 atom stereocenters. The first-order valence-corrected chi connectivity index (χ1v) is 10.3. The van der Waals surface area contributed by atoms with E-state index in [2.05, 4.69) is 34.7 Å². The average molecular weight is 394 g/mol. The Bertz CT molecular complexity index is 1000. The van der Waals surface area contributed by atoms with Gasteiger partial charge in [-0.1, -0.05) is 50.2 Å². The summed E-state index contributed by atoms with van der Waals surface area (Å²) in [6.07, 6.45) is 4.01. The van der Waals surface area contributed by atoms with E-state index in [0.29, 0.717) is 18.0 Å². The van der Waals surface area contributed by atoms with E-state index in [1.165, 1.54) is 17.0 Å². The number of amides is 2. The topological polar surface area (TPSA) is 48.1 Å². The standard InChI is InChI=1S/C24H28FN3O/c1-24(2,20-8-4-5-9-21(20)25)16-27-23(29)28-13-11-17(12-14-28)19-15-26-22-10-6-3-7-18(19)22/h3-10,15,17,26H,11-14,16H2,1-2H3,(H,27,29). The molecule has 0 radical (unpaired) electrons. The number of carbonyl (C=O) groups is 1. The van der Waals surface area contributed by atoms with Crippen LogP contribution in [0.5, 0.6) is 0 Å². The number of aromatic nitrogens is 1. The van der Waals surface area contributed by atoms with Crippen molar-refractivity contribution in [3.05, 3.63) is 71.7 Å². The Hall–Kier alpha value is -2.82. The van der Waals surface area contributed by atoms with Crippen LogP contribution >= 0.6 is 0 Å². The third kappa shape index (κ3) is 4.00. The van der Waals surface area contributed by atoms with Crippen LogP contribution in [0.2, 0.25) is 0 Å². The molecule has 1 fully saturated rings. The van der Waals surface area contributed by atoms with Crippen LogP contribution in [0.1, 0.15) is 43.7 Å².